The number of imidazole rings is 1. The van der Waals surface area contributed by atoms with Crippen molar-refractivity contribution in [2.45, 2.75) is 25.7 Å². The Balaban J connectivity index is 1.57. The van der Waals surface area contributed by atoms with E-state index >= 15 is 0 Å². The number of anilines is 2. The second kappa shape index (κ2) is 7.24. The van der Waals surface area contributed by atoms with Crippen LogP contribution in [0.5, 0.6) is 5.75 Å². The summed E-state index contributed by atoms with van der Waals surface area (Å²) in [6.07, 6.45) is 8.29. The van der Waals surface area contributed by atoms with E-state index < -0.39 is 0 Å². The number of nitrogens with two attached hydrogens (primary N) is 1. The Labute approximate surface area is 169 Å². The Morgan fingerprint density at radius 3 is 2.76 bits per heavy atom. The van der Waals surface area contributed by atoms with Crippen LogP contribution >= 0.6 is 0 Å². The van der Waals surface area contributed by atoms with Crippen LogP contribution in [0.15, 0.2) is 42.7 Å². The van der Waals surface area contributed by atoms with Crippen molar-refractivity contribution < 1.29 is 4.74 Å². The Bertz CT molecular complexity index is 1180. The first-order chi connectivity index (χ1) is 14.2. The van der Waals surface area contributed by atoms with Crippen molar-refractivity contribution in [3.63, 3.8) is 0 Å². The maximum absolute atomic E-state index is 6.24. The molecule has 1 aliphatic rings. The molecule has 0 amide bonds. The van der Waals surface area contributed by atoms with E-state index in [2.05, 4.69) is 20.9 Å². The molecule has 5 rings (SSSR count). The van der Waals surface area contributed by atoms with E-state index in [0.717, 1.165) is 41.2 Å². The van der Waals surface area contributed by atoms with Crippen LogP contribution < -0.4 is 15.4 Å². The van der Waals surface area contributed by atoms with Crippen molar-refractivity contribution in [2.24, 2.45) is 0 Å². The molecule has 7 nitrogen and oxygen atoms in total. The lowest BCUT2D eigenvalue weighted by Crippen LogP contribution is -2.31. The Kier molecular flexibility index (Phi) is 4.42. The van der Waals surface area contributed by atoms with Crippen molar-refractivity contribution in [2.75, 3.05) is 30.8 Å². The molecule has 1 saturated heterocycles. The van der Waals surface area contributed by atoms with Crippen LogP contribution in [0.25, 0.3) is 16.6 Å². The summed E-state index contributed by atoms with van der Waals surface area (Å²) >= 11 is 0. The number of aromatic nitrogens is 4. The first kappa shape index (κ1) is 17.7. The standard InChI is InChI=1S/C22H24N6O/c1-29-18-9-5-8-17-19(18)26-22(23)28-14-16(25-21(17)28)13-15-7-6-10-24-20(15)27-11-3-2-4-12-27/h5-10,14H,2-4,11-13H2,1H3,(H2,23,26). The van der Waals surface area contributed by atoms with E-state index in [1.807, 2.05) is 41.1 Å². The van der Waals surface area contributed by atoms with Gasteiger partial charge in [0.2, 0.25) is 5.95 Å². The average molecular weight is 388 g/mol. The molecule has 1 fully saturated rings. The number of fused-ring (bicyclic) bond motifs is 3. The predicted molar refractivity (Wildman–Crippen MR) is 115 cm³/mol. The summed E-state index contributed by atoms with van der Waals surface area (Å²) in [5.41, 5.74) is 9.89. The van der Waals surface area contributed by atoms with Crippen LogP contribution in [-0.2, 0) is 6.42 Å². The Morgan fingerprint density at radius 1 is 1.07 bits per heavy atom. The number of rotatable bonds is 4. The summed E-state index contributed by atoms with van der Waals surface area (Å²) in [7, 11) is 1.64. The number of hydrogen-bond donors (Lipinski definition) is 1. The highest BCUT2D eigenvalue weighted by molar-refractivity contribution is 5.96. The van der Waals surface area contributed by atoms with Crippen molar-refractivity contribution in [3.05, 3.63) is 54.0 Å². The van der Waals surface area contributed by atoms with Crippen LogP contribution in [-0.4, -0.2) is 39.6 Å². The van der Waals surface area contributed by atoms with Gasteiger partial charge in [0.25, 0.3) is 0 Å². The number of ether oxygens (including phenoxy) is 1. The van der Waals surface area contributed by atoms with Gasteiger partial charge in [0, 0.05) is 42.9 Å². The third kappa shape index (κ3) is 3.12. The van der Waals surface area contributed by atoms with Gasteiger partial charge >= 0.3 is 0 Å². The number of hydrogen-bond acceptors (Lipinski definition) is 6. The monoisotopic (exact) mass is 388 g/mol. The number of pyridine rings is 1. The molecular formula is C22H24N6O. The molecule has 4 heterocycles. The fourth-order valence-electron chi connectivity index (χ4n) is 4.18. The van der Waals surface area contributed by atoms with Crippen LogP contribution in [0.3, 0.4) is 0 Å². The van der Waals surface area contributed by atoms with Gasteiger partial charge in [-0.3, -0.25) is 4.40 Å². The van der Waals surface area contributed by atoms with Crippen LogP contribution in [0.2, 0.25) is 0 Å². The molecule has 0 unspecified atom stereocenters. The molecule has 3 aromatic heterocycles. The zero-order valence-corrected chi connectivity index (χ0v) is 16.5. The zero-order chi connectivity index (χ0) is 19.8. The fourth-order valence-corrected chi connectivity index (χ4v) is 4.18. The van der Waals surface area contributed by atoms with Gasteiger partial charge in [0.05, 0.1) is 12.8 Å². The summed E-state index contributed by atoms with van der Waals surface area (Å²) in [5, 5.41) is 0.923. The minimum absolute atomic E-state index is 0.401. The van der Waals surface area contributed by atoms with Gasteiger partial charge in [0.1, 0.15) is 22.7 Å². The maximum atomic E-state index is 6.24. The molecule has 1 aromatic carbocycles. The summed E-state index contributed by atoms with van der Waals surface area (Å²) in [6.45, 7) is 2.13. The third-order valence-electron chi connectivity index (χ3n) is 5.58. The number of methoxy groups -OCH3 is 1. The molecule has 0 spiro atoms. The fraction of sp³-hybridized carbons (Fsp3) is 0.318. The summed E-state index contributed by atoms with van der Waals surface area (Å²) < 4.78 is 7.30. The highest BCUT2D eigenvalue weighted by Crippen LogP contribution is 2.29. The highest BCUT2D eigenvalue weighted by atomic mass is 16.5. The van der Waals surface area contributed by atoms with E-state index in [4.69, 9.17) is 15.5 Å². The van der Waals surface area contributed by atoms with Gasteiger partial charge in [-0.15, -0.1) is 0 Å². The van der Waals surface area contributed by atoms with Gasteiger partial charge < -0.3 is 15.4 Å². The SMILES string of the molecule is COc1cccc2c1nc(N)n1cc(Cc3cccnc3N3CCCCC3)nc21. The lowest BCUT2D eigenvalue weighted by Gasteiger charge is -2.29. The smallest absolute Gasteiger partial charge is 0.206 e. The molecule has 0 saturated carbocycles. The van der Waals surface area contributed by atoms with E-state index in [0.29, 0.717) is 18.1 Å². The molecule has 148 valence electrons. The Hall–Kier alpha value is -3.35. The van der Waals surface area contributed by atoms with Crippen LogP contribution in [0.4, 0.5) is 11.8 Å². The summed E-state index contributed by atoms with van der Waals surface area (Å²) in [5.74, 6) is 2.17. The van der Waals surface area contributed by atoms with E-state index in [9.17, 15) is 0 Å². The van der Waals surface area contributed by atoms with Crippen molar-refractivity contribution in [1.82, 2.24) is 19.4 Å². The highest BCUT2D eigenvalue weighted by Gasteiger charge is 2.18. The minimum atomic E-state index is 0.401. The molecule has 0 aliphatic carbocycles. The number of para-hydroxylation sites is 1. The van der Waals surface area contributed by atoms with Gasteiger partial charge in [-0.1, -0.05) is 12.1 Å². The average Bonchev–Trinajstić information content (AvgIpc) is 3.19. The molecule has 1 aliphatic heterocycles. The van der Waals surface area contributed by atoms with Gasteiger partial charge in [-0.25, -0.2) is 15.0 Å². The molecule has 2 N–H and O–H groups in total. The Morgan fingerprint density at radius 2 is 1.93 bits per heavy atom. The second-order valence-corrected chi connectivity index (χ2v) is 7.46. The van der Waals surface area contributed by atoms with E-state index in [1.54, 1.807) is 7.11 Å². The van der Waals surface area contributed by atoms with Gasteiger partial charge in [0.15, 0.2) is 0 Å². The van der Waals surface area contributed by atoms with Gasteiger partial charge in [-0.05, 0) is 37.5 Å². The first-order valence-corrected chi connectivity index (χ1v) is 10.0. The molecule has 7 heteroatoms. The number of piperidine rings is 1. The van der Waals surface area contributed by atoms with Gasteiger partial charge in [-0.2, -0.15) is 0 Å². The summed E-state index contributed by atoms with van der Waals surface area (Å²) in [6, 6.07) is 9.97. The molecule has 0 radical (unpaired) electrons. The largest absolute Gasteiger partial charge is 0.494 e. The lowest BCUT2D eigenvalue weighted by molar-refractivity contribution is 0.419. The molecule has 0 atom stereocenters. The molecule has 29 heavy (non-hydrogen) atoms. The predicted octanol–water partition coefficient (Wildman–Crippen LogP) is 3.45. The third-order valence-corrected chi connectivity index (χ3v) is 5.58. The van der Waals surface area contributed by atoms with E-state index in [-0.39, 0.29) is 0 Å². The lowest BCUT2D eigenvalue weighted by atomic mass is 10.1. The second-order valence-electron chi connectivity index (χ2n) is 7.46. The minimum Gasteiger partial charge on any atom is -0.494 e. The van der Waals surface area contributed by atoms with Crippen LogP contribution in [0, 0.1) is 0 Å². The normalized spacial score (nSPS) is 14.6. The van der Waals surface area contributed by atoms with Crippen molar-refractivity contribution in [1.29, 1.82) is 0 Å². The molecular weight excluding hydrogens is 364 g/mol. The molecule has 4 aromatic rings. The first-order valence-electron chi connectivity index (χ1n) is 10.0. The zero-order valence-electron chi connectivity index (χ0n) is 16.5. The summed E-state index contributed by atoms with van der Waals surface area (Å²) in [4.78, 5) is 16.5. The number of benzene rings is 1. The van der Waals surface area contributed by atoms with E-state index in [1.165, 1.54) is 24.8 Å². The quantitative estimate of drug-likeness (QED) is 0.577. The number of nitrogen functional groups attached to an aromatic ring is 1. The maximum Gasteiger partial charge on any atom is 0.206 e. The van der Waals surface area contributed by atoms with Crippen LogP contribution in [0.1, 0.15) is 30.5 Å². The number of nitrogens with zero attached hydrogens (tertiary/aromatic N) is 5. The van der Waals surface area contributed by atoms with Crippen molar-refractivity contribution in [3.8, 4) is 5.75 Å². The topological polar surface area (TPSA) is 81.6 Å². The van der Waals surface area contributed by atoms with Crippen molar-refractivity contribution >= 4 is 28.3 Å². The molecule has 0 bridgehead atoms.